The Labute approximate surface area is 189 Å². The van der Waals surface area contributed by atoms with Gasteiger partial charge in [0, 0.05) is 6.92 Å². The third-order valence-corrected chi connectivity index (χ3v) is 6.84. The molecular formula is C16H18N4O10S3. The summed E-state index contributed by atoms with van der Waals surface area (Å²) in [4.78, 5) is 10.5. The Kier molecular flexibility index (Phi) is 7.88. The van der Waals surface area contributed by atoms with Gasteiger partial charge in [0.05, 0.1) is 34.3 Å². The zero-order chi connectivity index (χ0) is 25.0. The molecule has 2 aromatic rings. The highest BCUT2D eigenvalue weighted by molar-refractivity contribution is 7.91. The Balaban J connectivity index is 2.31. The molecule has 1 amide bonds. The number of nitrogens with two attached hydrogens (primary N) is 1. The molecule has 5 N–H and O–H groups in total. The van der Waals surface area contributed by atoms with Gasteiger partial charge in [0.1, 0.15) is 10.6 Å². The number of benzene rings is 2. The summed E-state index contributed by atoms with van der Waals surface area (Å²) < 4.78 is 90.1. The van der Waals surface area contributed by atoms with Crippen molar-refractivity contribution in [3.8, 4) is 0 Å². The van der Waals surface area contributed by atoms with Crippen LogP contribution >= 0.6 is 0 Å². The molecule has 0 atom stereocenters. The Morgan fingerprint density at radius 3 is 2.15 bits per heavy atom. The SMILES string of the molecule is CC(=O)Nc1cc(N)c(S(=O)(=O)O)cc1/N=N/c1ccc(S(=O)(=O)CCOS(=O)(=O)O)cc1. The maximum Gasteiger partial charge on any atom is 0.397 e. The van der Waals surface area contributed by atoms with Gasteiger partial charge in [0.25, 0.3) is 10.1 Å². The van der Waals surface area contributed by atoms with Crippen molar-refractivity contribution in [1.82, 2.24) is 0 Å². The Bertz CT molecular complexity index is 1400. The van der Waals surface area contributed by atoms with Crippen LogP contribution in [0.3, 0.4) is 0 Å². The fourth-order valence-corrected chi connectivity index (χ4v) is 4.49. The van der Waals surface area contributed by atoms with E-state index in [1.54, 1.807) is 0 Å². The van der Waals surface area contributed by atoms with Crippen LogP contribution in [-0.4, -0.2) is 52.6 Å². The molecule has 14 nitrogen and oxygen atoms in total. The van der Waals surface area contributed by atoms with Gasteiger partial charge in [0.15, 0.2) is 9.84 Å². The minimum Gasteiger partial charge on any atom is -0.398 e. The van der Waals surface area contributed by atoms with E-state index in [1.807, 2.05) is 0 Å². The summed E-state index contributed by atoms with van der Waals surface area (Å²) in [5.74, 6) is -1.24. The monoisotopic (exact) mass is 522 g/mol. The molecule has 0 heterocycles. The lowest BCUT2D eigenvalue weighted by Crippen LogP contribution is -2.15. The number of carbonyl (C=O) groups excluding carboxylic acids is 1. The van der Waals surface area contributed by atoms with Crippen LogP contribution in [0.2, 0.25) is 0 Å². The molecule has 2 rings (SSSR count). The summed E-state index contributed by atoms with van der Waals surface area (Å²) in [6, 6.07) is 6.77. The van der Waals surface area contributed by atoms with Crippen molar-refractivity contribution in [2.75, 3.05) is 23.4 Å². The topological polar surface area (TPSA) is 232 Å². The van der Waals surface area contributed by atoms with E-state index in [-0.39, 0.29) is 27.6 Å². The van der Waals surface area contributed by atoms with Crippen LogP contribution in [0.4, 0.5) is 22.7 Å². The van der Waals surface area contributed by atoms with E-state index >= 15 is 0 Å². The smallest absolute Gasteiger partial charge is 0.397 e. The molecule has 180 valence electrons. The number of amides is 1. The maximum atomic E-state index is 12.2. The molecule has 0 spiro atoms. The highest BCUT2D eigenvalue weighted by atomic mass is 32.3. The van der Waals surface area contributed by atoms with Crippen LogP contribution in [0.5, 0.6) is 0 Å². The first-order chi connectivity index (χ1) is 15.1. The number of nitrogens with one attached hydrogen (secondary N) is 1. The van der Waals surface area contributed by atoms with Crippen LogP contribution in [0.25, 0.3) is 0 Å². The minimum absolute atomic E-state index is 0.00850. The summed E-state index contributed by atoms with van der Waals surface area (Å²) >= 11 is 0. The Morgan fingerprint density at radius 1 is 1.03 bits per heavy atom. The molecule has 0 bridgehead atoms. The lowest BCUT2D eigenvalue weighted by Gasteiger charge is -2.10. The first-order valence-electron chi connectivity index (χ1n) is 8.63. The standard InChI is InChI=1S/C16H18N4O10S3/c1-10(21)18-14-8-13(17)16(32(24,25)26)9-15(14)20-19-11-2-4-12(5-3-11)31(22,23)7-6-30-33(27,28)29/h2-5,8-9H,6-7,17H2,1H3,(H,18,21)(H,24,25,26)(H,27,28,29)/b20-19+. The quantitative estimate of drug-likeness (QED) is 0.209. The molecule has 0 aliphatic rings. The van der Waals surface area contributed by atoms with Gasteiger partial charge in [-0.1, -0.05) is 0 Å². The van der Waals surface area contributed by atoms with E-state index in [4.69, 9.17) is 10.3 Å². The zero-order valence-electron chi connectivity index (χ0n) is 16.7. The number of rotatable bonds is 9. The molecule has 0 saturated carbocycles. The van der Waals surface area contributed by atoms with Gasteiger partial charge in [0.2, 0.25) is 5.91 Å². The summed E-state index contributed by atoms with van der Waals surface area (Å²) in [6.07, 6.45) is 0. The van der Waals surface area contributed by atoms with Gasteiger partial charge in [-0.3, -0.25) is 13.9 Å². The van der Waals surface area contributed by atoms with Crippen LogP contribution in [0.15, 0.2) is 56.4 Å². The van der Waals surface area contributed by atoms with Crippen molar-refractivity contribution in [3.05, 3.63) is 36.4 Å². The van der Waals surface area contributed by atoms with Crippen molar-refractivity contribution in [3.63, 3.8) is 0 Å². The van der Waals surface area contributed by atoms with E-state index < -0.39 is 53.5 Å². The maximum absolute atomic E-state index is 12.2. The number of nitrogen functional groups attached to an aromatic ring is 1. The molecular weight excluding hydrogens is 504 g/mol. The van der Waals surface area contributed by atoms with E-state index in [0.29, 0.717) is 0 Å². The Morgan fingerprint density at radius 2 is 1.64 bits per heavy atom. The highest BCUT2D eigenvalue weighted by Gasteiger charge is 2.19. The third kappa shape index (κ3) is 7.84. The summed E-state index contributed by atoms with van der Waals surface area (Å²) in [5, 5.41) is 10.1. The molecule has 0 aliphatic heterocycles. The molecule has 0 fully saturated rings. The summed E-state index contributed by atoms with van der Waals surface area (Å²) in [7, 11) is -13.4. The van der Waals surface area contributed by atoms with Gasteiger partial charge in [-0.15, -0.1) is 5.11 Å². The molecule has 33 heavy (non-hydrogen) atoms. The van der Waals surface area contributed by atoms with Crippen molar-refractivity contribution in [1.29, 1.82) is 0 Å². The second-order valence-electron chi connectivity index (χ2n) is 6.33. The van der Waals surface area contributed by atoms with Gasteiger partial charge >= 0.3 is 10.4 Å². The van der Waals surface area contributed by atoms with E-state index in [9.17, 15) is 34.6 Å². The van der Waals surface area contributed by atoms with Gasteiger partial charge in [-0.05, 0) is 36.4 Å². The predicted octanol–water partition coefficient (Wildman–Crippen LogP) is 1.48. The number of anilines is 2. The number of nitrogens with zero attached hydrogens (tertiary/aromatic N) is 2. The molecule has 17 heteroatoms. The molecule has 0 aliphatic carbocycles. The third-order valence-electron chi connectivity index (χ3n) is 3.77. The van der Waals surface area contributed by atoms with Crippen molar-refractivity contribution >= 4 is 59.0 Å². The van der Waals surface area contributed by atoms with Gasteiger partial charge < -0.3 is 11.1 Å². The fourth-order valence-electron chi connectivity index (χ4n) is 2.38. The molecule has 0 radical (unpaired) electrons. The van der Waals surface area contributed by atoms with Crippen molar-refractivity contribution in [2.45, 2.75) is 16.7 Å². The number of carbonyl (C=O) groups is 1. The summed E-state index contributed by atoms with van der Waals surface area (Å²) in [5.41, 5.74) is 5.23. The second kappa shape index (κ2) is 9.89. The number of sulfone groups is 1. The molecule has 0 saturated heterocycles. The largest absolute Gasteiger partial charge is 0.398 e. The molecule has 0 aromatic heterocycles. The van der Waals surface area contributed by atoms with E-state index in [2.05, 4.69) is 19.7 Å². The molecule has 0 unspecified atom stereocenters. The number of hydrogen-bond acceptors (Lipinski definition) is 11. The highest BCUT2D eigenvalue weighted by Crippen LogP contribution is 2.34. The van der Waals surface area contributed by atoms with E-state index in [0.717, 1.165) is 24.3 Å². The zero-order valence-corrected chi connectivity index (χ0v) is 19.2. The van der Waals surface area contributed by atoms with Crippen molar-refractivity contribution in [2.24, 2.45) is 10.2 Å². The van der Waals surface area contributed by atoms with E-state index in [1.165, 1.54) is 19.1 Å². The molecule has 2 aromatic carbocycles. The lowest BCUT2D eigenvalue weighted by molar-refractivity contribution is -0.114. The number of azo groups is 1. The average Bonchev–Trinajstić information content (AvgIpc) is 2.65. The normalized spacial score (nSPS) is 12.7. The number of hydrogen-bond donors (Lipinski definition) is 4. The lowest BCUT2D eigenvalue weighted by atomic mass is 10.2. The van der Waals surface area contributed by atoms with Crippen LogP contribution in [0, 0.1) is 0 Å². The van der Waals surface area contributed by atoms with Gasteiger partial charge in [-0.2, -0.15) is 21.9 Å². The predicted molar refractivity (Wildman–Crippen MR) is 115 cm³/mol. The minimum atomic E-state index is -4.77. The van der Waals surface area contributed by atoms with Crippen LogP contribution in [-0.2, 0) is 39.3 Å². The second-order valence-corrected chi connectivity index (χ2v) is 10.9. The average molecular weight is 523 g/mol. The summed E-state index contributed by atoms with van der Waals surface area (Å²) in [6.45, 7) is 0.399. The first-order valence-corrected chi connectivity index (χ1v) is 13.1. The van der Waals surface area contributed by atoms with Crippen LogP contribution in [0.1, 0.15) is 6.92 Å². The van der Waals surface area contributed by atoms with Gasteiger partial charge in [-0.25, -0.2) is 12.6 Å². The first kappa shape index (κ1) is 26.3. The fraction of sp³-hybridized carbons (Fsp3) is 0.188. The van der Waals surface area contributed by atoms with Crippen molar-refractivity contribution < 1.29 is 43.3 Å². The van der Waals surface area contributed by atoms with Crippen LogP contribution < -0.4 is 11.1 Å². The Hall–Kier alpha value is -2.96.